The fourth-order valence-electron chi connectivity index (χ4n) is 1.45. The lowest BCUT2D eigenvalue weighted by Crippen LogP contribution is -2.01. The Bertz CT molecular complexity index is 501. The molecule has 5 heteroatoms. The number of nitrogens with zero attached hydrogens (tertiary/aromatic N) is 3. The van der Waals surface area contributed by atoms with Crippen molar-refractivity contribution in [1.29, 1.82) is 0 Å². The zero-order valence-electron chi connectivity index (χ0n) is 9.30. The Morgan fingerprint density at radius 2 is 2.31 bits per heavy atom. The van der Waals surface area contributed by atoms with Gasteiger partial charge in [-0.1, -0.05) is 12.1 Å². The van der Waals surface area contributed by atoms with E-state index < -0.39 is 0 Å². The van der Waals surface area contributed by atoms with Crippen LogP contribution in [0.5, 0.6) is 0 Å². The summed E-state index contributed by atoms with van der Waals surface area (Å²) in [5.74, 6) is 0.116. The van der Waals surface area contributed by atoms with Gasteiger partial charge in [0.2, 0.25) is 0 Å². The molecule has 16 heavy (non-hydrogen) atoms. The standard InChI is InChI=1S/C11H13N3OS/c1-3-9-4-5-11(16-9)10(15)6-8-7-14(2)13-12-8/h4-5,7H,3,6H2,1-2H3. The molecule has 0 aromatic carbocycles. The van der Waals surface area contributed by atoms with Crippen LogP contribution in [0.15, 0.2) is 18.3 Å². The largest absolute Gasteiger partial charge is 0.293 e. The summed E-state index contributed by atoms with van der Waals surface area (Å²) in [4.78, 5) is 13.9. The summed E-state index contributed by atoms with van der Waals surface area (Å²) in [6.45, 7) is 2.09. The van der Waals surface area contributed by atoms with Crippen molar-refractivity contribution in [1.82, 2.24) is 15.0 Å². The fourth-order valence-corrected chi connectivity index (χ4v) is 2.33. The van der Waals surface area contributed by atoms with Crippen LogP contribution in [0, 0.1) is 0 Å². The van der Waals surface area contributed by atoms with Crippen molar-refractivity contribution in [3.05, 3.63) is 33.8 Å². The van der Waals surface area contributed by atoms with Crippen LogP contribution in [0.1, 0.15) is 27.2 Å². The molecule has 4 nitrogen and oxygen atoms in total. The number of hydrogen-bond donors (Lipinski definition) is 0. The maximum absolute atomic E-state index is 11.9. The molecule has 0 amide bonds. The third kappa shape index (κ3) is 2.36. The third-order valence-corrected chi connectivity index (χ3v) is 3.55. The van der Waals surface area contributed by atoms with Crippen LogP contribution in [-0.2, 0) is 19.9 Å². The van der Waals surface area contributed by atoms with Crippen molar-refractivity contribution >= 4 is 17.1 Å². The molecule has 0 atom stereocenters. The molecule has 84 valence electrons. The number of aryl methyl sites for hydroxylation is 2. The molecular formula is C11H13N3OS. The molecule has 0 unspecified atom stereocenters. The first-order chi connectivity index (χ1) is 7.69. The Balaban J connectivity index is 2.08. The molecule has 0 saturated heterocycles. The first kappa shape index (κ1) is 11.0. The van der Waals surface area contributed by atoms with Crippen LogP contribution >= 0.6 is 11.3 Å². The SMILES string of the molecule is CCc1ccc(C(=O)Cc2cn(C)nn2)s1. The summed E-state index contributed by atoms with van der Waals surface area (Å²) in [7, 11) is 1.79. The van der Waals surface area contributed by atoms with E-state index in [2.05, 4.69) is 17.2 Å². The predicted molar refractivity (Wildman–Crippen MR) is 62.7 cm³/mol. The molecular weight excluding hydrogens is 222 g/mol. The quantitative estimate of drug-likeness (QED) is 0.760. The van der Waals surface area contributed by atoms with E-state index in [1.54, 1.807) is 29.3 Å². The van der Waals surface area contributed by atoms with Gasteiger partial charge in [0.15, 0.2) is 5.78 Å². The molecule has 0 fully saturated rings. The summed E-state index contributed by atoms with van der Waals surface area (Å²) >= 11 is 1.56. The number of rotatable bonds is 4. The molecule has 0 saturated carbocycles. The summed E-state index contributed by atoms with van der Waals surface area (Å²) < 4.78 is 1.61. The minimum absolute atomic E-state index is 0.116. The van der Waals surface area contributed by atoms with Crippen LogP contribution in [0.25, 0.3) is 0 Å². The highest BCUT2D eigenvalue weighted by molar-refractivity contribution is 7.14. The van der Waals surface area contributed by atoms with Gasteiger partial charge in [0.25, 0.3) is 0 Å². The summed E-state index contributed by atoms with van der Waals surface area (Å²) in [5, 5.41) is 7.71. The Labute approximate surface area is 97.9 Å². The second kappa shape index (κ2) is 4.57. The van der Waals surface area contributed by atoms with E-state index in [9.17, 15) is 4.79 Å². The Kier molecular flexibility index (Phi) is 3.14. The number of carbonyl (C=O) groups is 1. The van der Waals surface area contributed by atoms with E-state index in [-0.39, 0.29) is 5.78 Å². The van der Waals surface area contributed by atoms with Gasteiger partial charge in [0.05, 0.1) is 17.0 Å². The van der Waals surface area contributed by atoms with Crippen LogP contribution in [-0.4, -0.2) is 20.8 Å². The van der Waals surface area contributed by atoms with Crippen molar-refractivity contribution in [2.45, 2.75) is 19.8 Å². The van der Waals surface area contributed by atoms with Gasteiger partial charge in [-0.15, -0.1) is 16.4 Å². The molecule has 2 aromatic rings. The first-order valence-corrected chi connectivity index (χ1v) is 5.98. The number of thiophene rings is 1. The predicted octanol–water partition coefficient (Wildman–Crippen LogP) is 1.86. The minimum Gasteiger partial charge on any atom is -0.293 e. The summed E-state index contributed by atoms with van der Waals surface area (Å²) in [5.41, 5.74) is 0.721. The van der Waals surface area contributed by atoms with E-state index in [0.717, 1.165) is 17.0 Å². The molecule has 0 N–H and O–H groups in total. The molecule has 2 rings (SSSR count). The number of hydrogen-bond acceptors (Lipinski definition) is 4. The highest BCUT2D eigenvalue weighted by Crippen LogP contribution is 2.18. The van der Waals surface area contributed by atoms with Gasteiger partial charge in [-0.3, -0.25) is 9.48 Å². The van der Waals surface area contributed by atoms with Gasteiger partial charge in [0, 0.05) is 18.1 Å². The van der Waals surface area contributed by atoms with E-state index in [1.165, 1.54) is 4.88 Å². The van der Waals surface area contributed by atoms with Gasteiger partial charge in [-0.2, -0.15) is 0 Å². The second-order valence-electron chi connectivity index (χ2n) is 3.60. The fraction of sp³-hybridized carbons (Fsp3) is 0.364. The van der Waals surface area contributed by atoms with Gasteiger partial charge in [-0.25, -0.2) is 0 Å². The molecule has 0 aliphatic rings. The Hall–Kier alpha value is -1.49. The van der Waals surface area contributed by atoms with Gasteiger partial charge in [0.1, 0.15) is 0 Å². The number of aromatic nitrogens is 3. The van der Waals surface area contributed by atoms with Gasteiger partial charge >= 0.3 is 0 Å². The Morgan fingerprint density at radius 3 is 2.88 bits per heavy atom. The van der Waals surface area contributed by atoms with Crippen LogP contribution in [0.2, 0.25) is 0 Å². The van der Waals surface area contributed by atoms with Crippen molar-refractivity contribution in [3.63, 3.8) is 0 Å². The van der Waals surface area contributed by atoms with E-state index in [1.807, 2.05) is 12.1 Å². The lowest BCUT2D eigenvalue weighted by Gasteiger charge is -1.92. The van der Waals surface area contributed by atoms with Crippen molar-refractivity contribution < 1.29 is 4.79 Å². The zero-order valence-corrected chi connectivity index (χ0v) is 10.1. The highest BCUT2D eigenvalue weighted by atomic mass is 32.1. The average Bonchev–Trinajstić information content (AvgIpc) is 2.87. The molecule has 0 aliphatic heterocycles. The smallest absolute Gasteiger partial charge is 0.178 e. The lowest BCUT2D eigenvalue weighted by atomic mass is 10.2. The third-order valence-electron chi connectivity index (χ3n) is 2.28. The molecule has 2 heterocycles. The molecule has 0 aliphatic carbocycles. The van der Waals surface area contributed by atoms with E-state index >= 15 is 0 Å². The van der Waals surface area contributed by atoms with Crippen LogP contribution in [0.3, 0.4) is 0 Å². The van der Waals surface area contributed by atoms with Crippen LogP contribution in [0.4, 0.5) is 0 Å². The molecule has 0 radical (unpaired) electrons. The number of Topliss-reactive ketones (excluding diaryl/α,β-unsaturated/α-hetero) is 1. The number of carbonyl (C=O) groups excluding carboxylic acids is 1. The van der Waals surface area contributed by atoms with Gasteiger partial charge in [-0.05, 0) is 18.6 Å². The van der Waals surface area contributed by atoms with Crippen LogP contribution < -0.4 is 0 Å². The lowest BCUT2D eigenvalue weighted by molar-refractivity contribution is 0.0996. The van der Waals surface area contributed by atoms with Gasteiger partial charge < -0.3 is 0 Å². The first-order valence-electron chi connectivity index (χ1n) is 5.16. The summed E-state index contributed by atoms with van der Waals surface area (Å²) in [6, 6.07) is 3.90. The average molecular weight is 235 g/mol. The van der Waals surface area contributed by atoms with E-state index in [0.29, 0.717) is 6.42 Å². The number of ketones is 1. The monoisotopic (exact) mass is 235 g/mol. The maximum atomic E-state index is 11.9. The van der Waals surface area contributed by atoms with Crippen molar-refractivity contribution in [2.24, 2.45) is 7.05 Å². The molecule has 2 aromatic heterocycles. The normalized spacial score (nSPS) is 10.6. The maximum Gasteiger partial charge on any atom is 0.178 e. The van der Waals surface area contributed by atoms with Crippen molar-refractivity contribution in [2.75, 3.05) is 0 Å². The molecule has 0 bridgehead atoms. The summed E-state index contributed by atoms with van der Waals surface area (Å²) in [6.07, 6.45) is 3.08. The van der Waals surface area contributed by atoms with E-state index in [4.69, 9.17) is 0 Å². The topological polar surface area (TPSA) is 47.8 Å². The molecule has 0 spiro atoms. The Morgan fingerprint density at radius 1 is 1.50 bits per heavy atom. The second-order valence-corrected chi connectivity index (χ2v) is 4.77. The van der Waals surface area contributed by atoms with Crippen molar-refractivity contribution in [3.8, 4) is 0 Å². The minimum atomic E-state index is 0.116. The zero-order chi connectivity index (χ0) is 11.5. The highest BCUT2D eigenvalue weighted by Gasteiger charge is 2.11.